The van der Waals surface area contributed by atoms with Crippen LogP contribution in [0.1, 0.15) is 21.7 Å². The van der Waals surface area contributed by atoms with E-state index in [1.54, 1.807) is 6.07 Å². The van der Waals surface area contributed by atoms with Crippen LogP contribution in [0.25, 0.3) is 0 Å². The summed E-state index contributed by atoms with van der Waals surface area (Å²) < 4.78 is 18.3. The lowest BCUT2D eigenvalue weighted by Crippen LogP contribution is -2.08. The van der Waals surface area contributed by atoms with Crippen molar-refractivity contribution in [1.82, 2.24) is 9.97 Å². The fraction of sp³-hybridized carbons (Fsp3) is 0.0769. The molecule has 2 rings (SSSR count). The summed E-state index contributed by atoms with van der Waals surface area (Å²) in [7, 11) is 1.33. The zero-order valence-corrected chi connectivity index (χ0v) is 9.92. The second-order valence-electron chi connectivity index (χ2n) is 3.54. The maximum Gasteiger partial charge on any atom is 0.214 e. The van der Waals surface area contributed by atoms with Crippen LogP contribution in [0.2, 0.25) is 0 Å². The van der Waals surface area contributed by atoms with E-state index in [1.165, 1.54) is 31.6 Å². The van der Waals surface area contributed by atoms with E-state index in [1.807, 2.05) is 0 Å². The summed E-state index contributed by atoms with van der Waals surface area (Å²) in [6.45, 7) is 0. The normalized spacial score (nSPS) is 9.74. The Morgan fingerprint density at radius 2 is 2.11 bits per heavy atom. The maximum absolute atomic E-state index is 13.5. The van der Waals surface area contributed by atoms with Crippen LogP contribution in [0.5, 0.6) is 5.75 Å². The van der Waals surface area contributed by atoms with Crippen LogP contribution in [-0.4, -0.2) is 22.9 Å². The van der Waals surface area contributed by atoms with Crippen LogP contribution in [0.15, 0.2) is 30.6 Å². The zero-order valence-electron chi connectivity index (χ0n) is 9.92. The Labute approximate surface area is 108 Å². The first-order valence-corrected chi connectivity index (χ1v) is 5.26. The number of nitriles is 1. The van der Waals surface area contributed by atoms with Crippen LogP contribution in [-0.2, 0) is 0 Å². The summed E-state index contributed by atoms with van der Waals surface area (Å²) in [5.74, 6) is -1.18. The van der Waals surface area contributed by atoms with Crippen molar-refractivity contribution in [3.05, 3.63) is 53.4 Å². The molecule has 0 saturated carbocycles. The number of methoxy groups -OCH3 is 1. The van der Waals surface area contributed by atoms with E-state index in [4.69, 9.17) is 10.00 Å². The number of rotatable bonds is 3. The molecule has 0 aliphatic heterocycles. The van der Waals surface area contributed by atoms with Gasteiger partial charge in [-0.2, -0.15) is 5.26 Å². The lowest BCUT2D eigenvalue weighted by molar-refractivity contribution is 0.103. The van der Waals surface area contributed by atoms with Gasteiger partial charge in [0, 0.05) is 18.0 Å². The van der Waals surface area contributed by atoms with E-state index < -0.39 is 11.6 Å². The van der Waals surface area contributed by atoms with E-state index in [0.717, 1.165) is 6.07 Å². The second kappa shape index (κ2) is 5.23. The number of halogens is 1. The third kappa shape index (κ3) is 2.40. The summed E-state index contributed by atoms with van der Waals surface area (Å²) in [6.07, 6.45) is 2.61. The van der Waals surface area contributed by atoms with Gasteiger partial charge in [0.25, 0.3) is 0 Å². The van der Waals surface area contributed by atoms with Gasteiger partial charge < -0.3 is 4.74 Å². The third-order valence-corrected chi connectivity index (χ3v) is 2.43. The van der Waals surface area contributed by atoms with Crippen molar-refractivity contribution in [2.24, 2.45) is 0 Å². The number of aromatic nitrogens is 2. The van der Waals surface area contributed by atoms with Crippen molar-refractivity contribution in [3.8, 4) is 11.8 Å². The fourth-order valence-corrected chi connectivity index (χ4v) is 1.53. The number of nitrogens with zero attached hydrogens (tertiary/aromatic N) is 3. The lowest BCUT2D eigenvalue weighted by Gasteiger charge is -2.04. The molecule has 0 aliphatic rings. The molecule has 0 amide bonds. The highest BCUT2D eigenvalue weighted by Gasteiger charge is 2.17. The number of benzene rings is 1. The van der Waals surface area contributed by atoms with E-state index in [9.17, 15) is 9.18 Å². The molecule has 1 heterocycles. The number of hydrogen-bond donors (Lipinski definition) is 0. The summed E-state index contributed by atoms with van der Waals surface area (Å²) in [6, 6.07) is 5.55. The SMILES string of the molecule is COc1ccc(C(=O)c2nccnc2C#N)cc1F. The average Bonchev–Trinajstić information content (AvgIpc) is 2.46. The Balaban J connectivity index is 2.45. The van der Waals surface area contributed by atoms with Crippen molar-refractivity contribution in [2.45, 2.75) is 0 Å². The van der Waals surface area contributed by atoms with Gasteiger partial charge in [0.2, 0.25) is 5.78 Å². The Morgan fingerprint density at radius 3 is 2.74 bits per heavy atom. The molecule has 0 saturated heterocycles. The number of carbonyl (C=O) groups is 1. The summed E-state index contributed by atoms with van der Waals surface area (Å²) in [5, 5.41) is 8.85. The van der Waals surface area contributed by atoms with Gasteiger partial charge in [-0.15, -0.1) is 0 Å². The van der Waals surface area contributed by atoms with E-state index >= 15 is 0 Å². The van der Waals surface area contributed by atoms with Gasteiger partial charge in [-0.25, -0.2) is 14.4 Å². The second-order valence-corrected chi connectivity index (χ2v) is 3.54. The van der Waals surface area contributed by atoms with Crippen molar-refractivity contribution in [3.63, 3.8) is 0 Å². The lowest BCUT2D eigenvalue weighted by atomic mass is 10.1. The predicted octanol–water partition coefficient (Wildman–Crippen LogP) is 1.73. The van der Waals surface area contributed by atoms with Gasteiger partial charge in [0.1, 0.15) is 11.8 Å². The molecule has 0 unspecified atom stereocenters. The molecule has 0 radical (unpaired) electrons. The smallest absolute Gasteiger partial charge is 0.214 e. The van der Waals surface area contributed by atoms with Crippen LogP contribution in [0.4, 0.5) is 4.39 Å². The third-order valence-electron chi connectivity index (χ3n) is 2.43. The van der Waals surface area contributed by atoms with Crippen LogP contribution < -0.4 is 4.74 Å². The van der Waals surface area contributed by atoms with Crippen LogP contribution in [0.3, 0.4) is 0 Å². The molecule has 0 aliphatic carbocycles. The number of hydrogen-bond acceptors (Lipinski definition) is 5. The molecule has 1 aromatic heterocycles. The predicted molar refractivity (Wildman–Crippen MR) is 63.1 cm³/mol. The van der Waals surface area contributed by atoms with Crippen molar-refractivity contribution >= 4 is 5.78 Å². The maximum atomic E-state index is 13.5. The Bertz CT molecular complexity index is 680. The highest BCUT2D eigenvalue weighted by molar-refractivity contribution is 6.08. The molecular formula is C13H8FN3O2. The highest BCUT2D eigenvalue weighted by Crippen LogP contribution is 2.19. The van der Waals surface area contributed by atoms with Gasteiger partial charge >= 0.3 is 0 Å². The van der Waals surface area contributed by atoms with Gasteiger partial charge in [-0.05, 0) is 18.2 Å². The molecule has 19 heavy (non-hydrogen) atoms. The van der Waals surface area contributed by atoms with Crippen LogP contribution in [0, 0.1) is 17.1 Å². The minimum atomic E-state index is -0.657. The summed E-state index contributed by atoms with van der Waals surface area (Å²) in [4.78, 5) is 19.7. The zero-order chi connectivity index (χ0) is 13.8. The molecule has 6 heteroatoms. The standard InChI is InChI=1S/C13H8FN3O2/c1-19-11-3-2-8(6-9(11)14)13(18)12-10(7-15)16-4-5-17-12/h2-6H,1H3. The molecule has 1 aromatic carbocycles. The van der Waals surface area contributed by atoms with Crippen molar-refractivity contribution in [2.75, 3.05) is 7.11 Å². The van der Waals surface area contributed by atoms with E-state index in [2.05, 4.69) is 9.97 Å². The minimum absolute atomic E-state index is 0.0382. The quantitative estimate of drug-likeness (QED) is 0.782. The molecule has 0 fully saturated rings. The van der Waals surface area contributed by atoms with E-state index in [0.29, 0.717) is 0 Å². The molecule has 0 N–H and O–H groups in total. The highest BCUT2D eigenvalue weighted by atomic mass is 19.1. The molecular weight excluding hydrogens is 249 g/mol. The Hall–Kier alpha value is -2.81. The first kappa shape index (κ1) is 12.6. The molecule has 5 nitrogen and oxygen atoms in total. The molecule has 0 spiro atoms. The van der Waals surface area contributed by atoms with Crippen molar-refractivity contribution < 1.29 is 13.9 Å². The van der Waals surface area contributed by atoms with Crippen LogP contribution >= 0.6 is 0 Å². The topological polar surface area (TPSA) is 75.9 Å². The van der Waals surface area contributed by atoms with Gasteiger partial charge in [-0.3, -0.25) is 4.79 Å². The molecule has 2 aromatic rings. The minimum Gasteiger partial charge on any atom is -0.494 e. The van der Waals surface area contributed by atoms with Crippen molar-refractivity contribution in [1.29, 1.82) is 5.26 Å². The fourth-order valence-electron chi connectivity index (χ4n) is 1.53. The summed E-state index contributed by atoms with van der Waals surface area (Å²) >= 11 is 0. The number of ketones is 1. The Morgan fingerprint density at radius 1 is 1.37 bits per heavy atom. The largest absolute Gasteiger partial charge is 0.494 e. The van der Waals surface area contributed by atoms with Gasteiger partial charge in [-0.1, -0.05) is 0 Å². The average molecular weight is 257 g/mol. The number of ether oxygens (including phenoxy) is 1. The molecule has 0 bridgehead atoms. The van der Waals surface area contributed by atoms with Gasteiger partial charge in [0.05, 0.1) is 7.11 Å². The summed E-state index contributed by atoms with van der Waals surface area (Å²) in [5.41, 5.74) is -0.117. The first-order valence-electron chi connectivity index (χ1n) is 5.26. The van der Waals surface area contributed by atoms with Gasteiger partial charge in [0.15, 0.2) is 17.3 Å². The Kier molecular flexibility index (Phi) is 3.48. The molecule has 94 valence electrons. The van der Waals surface area contributed by atoms with E-state index in [-0.39, 0.29) is 22.7 Å². The number of carbonyl (C=O) groups excluding carboxylic acids is 1. The first-order chi connectivity index (χ1) is 9.17. The monoisotopic (exact) mass is 257 g/mol. The molecule has 0 atom stereocenters.